The minimum absolute atomic E-state index is 0.135. The maximum Gasteiger partial charge on any atom is 0.268 e. The molecule has 17 heavy (non-hydrogen) atoms. The highest BCUT2D eigenvalue weighted by atomic mass is 32.1. The number of thiazole rings is 1. The van der Waals surface area contributed by atoms with E-state index in [-0.39, 0.29) is 5.96 Å². The Morgan fingerprint density at radius 2 is 2.06 bits per heavy atom. The van der Waals surface area contributed by atoms with Crippen molar-refractivity contribution in [1.82, 2.24) is 4.98 Å². The number of aromatic nitrogens is 1. The minimum Gasteiger partial charge on any atom is -0.370 e. The molecule has 1 amide bonds. The van der Waals surface area contributed by atoms with Crippen LogP contribution < -0.4 is 17.2 Å². The van der Waals surface area contributed by atoms with Gasteiger partial charge in [-0.05, 0) is 19.3 Å². The third-order valence-corrected chi connectivity index (χ3v) is 3.06. The summed E-state index contributed by atoms with van der Waals surface area (Å²) < 4.78 is 0. The zero-order valence-electron chi connectivity index (χ0n) is 9.56. The van der Waals surface area contributed by atoms with Crippen LogP contribution in [0.5, 0.6) is 0 Å². The van der Waals surface area contributed by atoms with E-state index in [0.29, 0.717) is 12.2 Å². The first kappa shape index (κ1) is 13.4. The number of rotatable bonds is 7. The molecule has 0 saturated heterocycles. The minimum atomic E-state index is -0.472. The molecule has 6 N–H and O–H groups in total. The van der Waals surface area contributed by atoms with E-state index in [1.165, 1.54) is 11.3 Å². The van der Waals surface area contributed by atoms with E-state index in [2.05, 4.69) is 9.98 Å². The van der Waals surface area contributed by atoms with Crippen LogP contribution in [0.3, 0.4) is 0 Å². The molecule has 0 unspecified atom stereocenters. The number of carbonyl (C=O) groups is 1. The lowest BCUT2D eigenvalue weighted by atomic mass is 10.2. The van der Waals surface area contributed by atoms with E-state index in [0.717, 1.165) is 30.7 Å². The van der Waals surface area contributed by atoms with Crippen molar-refractivity contribution in [2.24, 2.45) is 22.2 Å². The molecular formula is C10H17N5OS. The van der Waals surface area contributed by atoms with Gasteiger partial charge in [0.15, 0.2) is 5.96 Å². The third kappa shape index (κ3) is 5.30. The van der Waals surface area contributed by atoms with Crippen molar-refractivity contribution in [3.05, 3.63) is 16.1 Å². The molecule has 0 fully saturated rings. The molecule has 0 aromatic carbocycles. The van der Waals surface area contributed by atoms with Gasteiger partial charge >= 0.3 is 0 Å². The lowest BCUT2D eigenvalue weighted by molar-refractivity contribution is 0.0996. The van der Waals surface area contributed by atoms with E-state index >= 15 is 0 Å². The Morgan fingerprint density at radius 3 is 2.65 bits per heavy atom. The Balaban J connectivity index is 2.18. The maximum atomic E-state index is 10.8. The second kappa shape index (κ2) is 6.85. The fourth-order valence-corrected chi connectivity index (χ4v) is 2.14. The molecule has 0 aliphatic carbocycles. The summed E-state index contributed by atoms with van der Waals surface area (Å²) in [6, 6.07) is 0. The molecule has 0 aliphatic heterocycles. The number of primary amides is 1. The molecular weight excluding hydrogens is 238 g/mol. The van der Waals surface area contributed by atoms with Gasteiger partial charge in [0.25, 0.3) is 5.91 Å². The average molecular weight is 255 g/mol. The smallest absolute Gasteiger partial charge is 0.268 e. The summed E-state index contributed by atoms with van der Waals surface area (Å²) in [5.41, 5.74) is 15.9. The normalized spacial score (nSPS) is 10.1. The molecule has 1 aromatic rings. The highest BCUT2D eigenvalue weighted by Crippen LogP contribution is 2.12. The topological polar surface area (TPSA) is 120 Å². The van der Waals surface area contributed by atoms with E-state index in [4.69, 9.17) is 17.2 Å². The van der Waals surface area contributed by atoms with Crippen LogP contribution in [0.1, 0.15) is 34.8 Å². The predicted octanol–water partition coefficient (Wildman–Crippen LogP) is 0.228. The summed E-state index contributed by atoms with van der Waals surface area (Å²) in [5.74, 6) is -0.337. The number of carbonyl (C=O) groups excluding carboxylic acids is 1. The summed E-state index contributed by atoms with van der Waals surface area (Å²) in [5, 5.41) is 2.64. The lowest BCUT2D eigenvalue weighted by Crippen LogP contribution is -2.22. The first-order valence-electron chi connectivity index (χ1n) is 5.39. The summed E-state index contributed by atoms with van der Waals surface area (Å²) in [7, 11) is 0. The van der Waals surface area contributed by atoms with Crippen molar-refractivity contribution in [2.45, 2.75) is 25.7 Å². The molecule has 0 bridgehead atoms. The molecule has 0 aliphatic rings. The zero-order valence-corrected chi connectivity index (χ0v) is 10.4. The quantitative estimate of drug-likeness (QED) is 0.367. The first-order chi connectivity index (χ1) is 8.09. The number of aliphatic imine (C=N–C) groups is 1. The van der Waals surface area contributed by atoms with Crippen molar-refractivity contribution >= 4 is 23.2 Å². The van der Waals surface area contributed by atoms with Gasteiger partial charge in [-0.15, -0.1) is 11.3 Å². The van der Waals surface area contributed by atoms with Crippen LogP contribution in [-0.4, -0.2) is 23.4 Å². The molecule has 1 aromatic heterocycles. The highest BCUT2D eigenvalue weighted by molar-refractivity contribution is 7.09. The van der Waals surface area contributed by atoms with Gasteiger partial charge in [-0.25, -0.2) is 4.98 Å². The average Bonchev–Trinajstić information content (AvgIpc) is 2.71. The van der Waals surface area contributed by atoms with E-state index in [1.807, 2.05) is 0 Å². The Bertz CT molecular complexity index is 397. The number of unbranched alkanes of at least 4 members (excludes halogenated alkanes) is 2. The van der Waals surface area contributed by atoms with Crippen LogP contribution in [-0.2, 0) is 6.42 Å². The van der Waals surface area contributed by atoms with Crippen molar-refractivity contribution in [1.29, 1.82) is 0 Å². The van der Waals surface area contributed by atoms with Gasteiger partial charge in [-0.3, -0.25) is 9.79 Å². The number of nitrogens with zero attached hydrogens (tertiary/aromatic N) is 2. The first-order valence-corrected chi connectivity index (χ1v) is 6.27. The van der Waals surface area contributed by atoms with Gasteiger partial charge in [0.05, 0.1) is 5.01 Å². The maximum absolute atomic E-state index is 10.8. The van der Waals surface area contributed by atoms with Gasteiger partial charge in [-0.2, -0.15) is 0 Å². The molecule has 1 heterocycles. The fraction of sp³-hybridized carbons (Fsp3) is 0.500. The second-order valence-corrected chi connectivity index (χ2v) is 4.55. The molecule has 94 valence electrons. The number of guanidine groups is 1. The standard InChI is InChI=1S/C10H17N5OS/c11-9(16)7-6-17-8(15-7)4-2-1-3-5-14-10(12)13/h6H,1-5H2,(H2,11,16)(H4,12,13,14). The molecule has 0 spiro atoms. The SMILES string of the molecule is NC(=O)c1csc(CCCCCN=C(N)N)n1. The number of aryl methyl sites for hydroxylation is 1. The Labute approximate surface area is 104 Å². The number of amides is 1. The van der Waals surface area contributed by atoms with Crippen molar-refractivity contribution in [3.63, 3.8) is 0 Å². The summed E-state index contributed by atoms with van der Waals surface area (Å²) >= 11 is 1.47. The molecule has 0 radical (unpaired) electrons. The molecule has 6 nitrogen and oxygen atoms in total. The van der Waals surface area contributed by atoms with E-state index in [9.17, 15) is 4.79 Å². The van der Waals surface area contributed by atoms with Crippen LogP contribution >= 0.6 is 11.3 Å². The van der Waals surface area contributed by atoms with E-state index in [1.54, 1.807) is 5.38 Å². The highest BCUT2D eigenvalue weighted by Gasteiger charge is 2.05. The molecule has 7 heteroatoms. The zero-order chi connectivity index (χ0) is 12.7. The summed E-state index contributed by atoms with van der Waals surface area (Å²) in [6.07, 6.45) is 3.85. The van der Waals surface area contributed by atoms with Gasteiger partial charge < -0.3 is 17.2 Å². The lowest BCUT2D eigenvalue weighted by Gasteiger charge is -1.97. The van der Waals surface area contributed by atoms with Crippen molar-refractivity contribution in [2.75, 3.05) is 6.54 Å². The number of hydrogen-bond acceptors (Lipinski definition) is 4. The second-order valence-electron chi connectivity index (χ2n) is 3.61. The summed E-state index contributed by atoms with van der Waals surface area (Å²) in [4.78, 5) is 18.8. The van der Waals surface area contributed by atoms with Gasteiger partial charge in [-0.1, -0.05) is 6.42 Å². The monoisotopic (exact) mass is 255 g/mol. The van der Waals surface area contributed by atoms with Crippen LogP contribution in [0.15, 0.2) is 10.4 Å². The predicted molar refractivity (Wildman–Crippen MR) is 68.9 cm³/mol. The molecule has 1 rings (SSSR count). The van der Waals surface area contributed by atoms with Crippen LogP contribution in [0.25, 0.3) is 0 Å². The molecule has 0 saturated carbocycles. The molecule has 0 atom stereocenters. The van der Waals surface area contributed by atoms with Crippen molar-refractivity contribution < 1.29 is 4.79 Å². The fourth-order valence-electron chi connectivity index (χ4n) is 1.31. The number of nitrogens with two attached hydrogens (primary N) is 3. The third-order valence-electron chi connectivity index (χ3n) is 2.15. The van der Waals surface area contributed by atoms with Crippen LogP contribution in [0, 0.1) is 0 Å². The van der Waals surface area contributed by atoms with Crippen molar-refractivity contribution in [3.8, 4) is 0 Å². The number of hydrogen-bond donors (Lipinski definition) is 3. The van der Waals surface area contributed by atoms with Crippen LogP contribution in [0.2, 0.25) is 0 Å². The Hall–Kier alpha value is -1.63. The van der Waals surface area contributed by atoms with Gasteiger partial charge in [0, 0.05) is 11.9 Å². The largest absolute Gasteiger partial charge is 0.370 e. The Morgan fingerprint density at radius 1 is 1.29 bits per heavy atom. The van der Waals surface area contributed by atoms with Crippen LogP contribution in [0.4, 0.5) is 0 Å². The van der Waals surface area contributed by atoms with Gasteiger partial charge in [0.1, 0.15) is 5.69 Å². The summed E-state index contributed by atoms with van der Waals surface area (Å²) in [6.45, 7) is 0.659. The Kier molecular flexibility index (Phi) is 5.41. The van der Waals surface area contributed by atoms with E-state index < -0.39 is 5.91 Å². The van der Waals surface area contributed by atoms with Gasteiger partial charge in [0.2, 0.25) is 0 Å².